The Morgan fingerprint density at radius 3 is 2.46 bits per heavy atom. The minimum Gasteiger partial charge on any atom is -0.345 e. The van der Waals surface area contributed by atoms with E-state index in [0.717, 1.165) is 22.4 Å². The predicted octanol–water partition coefficient (Wildman–Crippen LogP) is 3.23. The van der Waals surface area contributed by atoms with E-state index >= 15 is 0 Å². The molecule has 0 spiro atoms. The molecule has 4 heteroatoms. The van der Waals surface area contributed by atoms with E-state index < -0.39 is 0 Å². The molecule has 0 unspecified atom stereocenters. The molecule has 1 amide bonds. The second-order valence-electron chi connectivity index (χ2n) is 5.64. The molecule has 0 radical (unpaired) electrons. The molecular weight excluding hydrogens is 298 g/mol. The van der Waals surface area contributed by atoms with Crippen molar-refractivity contribution in [2.45, 2.75) is 19.4 Å². The maximum absolute atomic E-state index is 12.5. The number of carbonyl (C=O) groups is 1. The Morgan fingerprint density at radius 2 is 1.75 bits per heavy atom. The quantitative estimate of drug-likeness (QED) is 0.786. The number of nitrogens with zero attached hydrogens (tertiary/aromatic N) is 2. The number of benzene rings is 1. The Morgan fingerprint density at radius 1 is 1.00 bits per heavy atom. The van der Waals surface area contributed by atoms with Gasteiger partial charge in [-0.15, -0.1) is 0 Å². The van der Waals surface area contributed by atoms with Crippen LogP contribution in [0.25, 0.3) is 0 Å². The molecule has 0 aliphatic rings. The first-order valence-corrected chi connectivity index (χ1v) is 7.89. The zero-order chi connectivity index (χ0) is 16.8. The molecule has 0 aliphatic heterocycles. The molecule has 0 fully saturated rings. The van der Waals surface area contributed by atoms with Gasteiger partial charge in [0.2, 0.25) is 5.91 Å². The number of nitrogens with one attached hydrogen (secondary N) is 1. The molecule has 1 atom stereocenters. The highest BCUT2D eigenvalue weighted by Gasteiger charge is 2.18. The van der Waals surface area contributed by atoms with Crippen molar-refractivity contribution in [3.05, 3.63) is 95.6 Å². The van der Waals surface area contributed by atoms with Gasteiger partial charge in [-0.3, -0.25) is 14.8 Å². The molecule has 0 saturated heterocycles. The van der Waals surface area contributed by atoms with Gasteiger partial charge in [0.25, 0.3) is 0 Å². The Labute approximate surface area is 141 Å². The van der Waals surface area contributed by atoms with E-state index in [9.17, 15) is 4.79 Å². The third-order valence-electron chi connectivity index (χ3n) is 3.91. The molecule has 2 aromatic heterocycles. The van der Waals surface area contributed by atoms with Crippen LogP contribution >= 0.6 is 0 Å². The van der Waals surface area contributed by atoms with Gasteiger partial charge in [0.15, 0.2) is 0 Å². The highest BCUT2D eigenvalue weighted by molar-refractivity contribution is 5.79. The lowest BCUT2D eigenvalue weighted by molar-refractivity contribution is -0.121. The molecule has 0 bridgehead atoms. The molecular formula is C20H19N3O. The summed E-state index contributed by atoms with van der Waals surface area (Å²) in [6, 6.07) is 17.3. The van der Waals surface area contributed by atoms with Crippen LogP contribution in [0.5, 0.6) is 0 Å². The fraction of sp³-hybridized carbons (Fsp3) is 0.150. The molecule has 0 saturated carbocycles. The second-order valence-corrected chi connectivity index (χ2v) is 5.64. The molecule has 4 nitrogen and oxygen atoms in total. The van der Waals surface area contributed by atoms with E-state index in [1.165, 1.54) is 0 Å². The third-order valence-corrected chi connectivity index (χ3v) is 3.91. The normalized spacial score (nSPS) is 11.7. The fourth-order valence-electron chi connectivity index (χ4n) is 2.69. The SMILES string of the molecule is Cc1ccccc1[C@@H](NC(=O)Cc1ccccn1)c1ccncc1. The lowest BCUT2D eigenvalue weighted by atomic mass is 9.95. The van der Waals surface area contributed by atoms with Crippen LogP contribution in [0.2, 0.25) is 0 Å². The average Bonchev–Trinajstić information content (AvgIpc) is 2.62. The van der Waals surface area contributed by atoms with E-state index in [2.05, 4.69) is 28.3 Å². The predicted molar refractivity (Wildman–Crippen MR) is 93.3 cm³/mol. The van der Waals surface area contributed by atoms with Gasteiger partial charge in [-0.1, -0.05) is 30.3 Å². The number of hydrogen-bond acceptors (Lipinski definition) is 3. The highest BCUT2D eigenvalue weighted by atomic mass is 16.1. The van der Waals surface area contributed by atoms with Crippen LogP contribution in [0.3, 0.4) is 0 Å². The van der Waals surface area contributed by atoms with E-state index in [1.54, 1.807) is 18.6 Å². The van der Waals surface area contributed by atoms with Crippen LogP contribution in [0.15, 0.2) is 73.2 Å². The van der Waals surface area contributed by atoms with Crippen LogP contribution in [-0.4, -0.2) is 15.9 Å². The van der Waals surface area contributed by atoms with E-state index in [0.29, 0.717) is 0 Å². The highest BCUT2D eigenvalue weighted by Crippen LogP contribution is 2.24. The van der Waals surface area contributed by atoms with Gasteiger partial charge in [-0.05, 0) is 47.9 Å². The smallest absolute Gasteiger partial charge is 0.226 e. The lowest BCUT2D eigenvalue weighted by Crippen LogP contribution is -2.31. The van der Waals surface area contributed by atoms with Crippen molar-refractivity contribution in [1.82, 2.24) is 15.3 Å². The summed E-state index contributed by atoms with van der Waals surface area (Å²) in [6.45, 7) is 2.05. The van der Waals surface area contributed by atoms with Crippen LogP contribution in [-0.2, 0) is 11.2 Å². The number of carbonyl (C=O) groups excluding carboxylic acids is 1. The van der Waals surface area contributed by atoms with Gasteiger partial charge in [-0.25, -0.2) is 0 Å². The third kappa shape index (κ3) is 3.84. The summed E-state index contributed by atoms with van der Waals surface area (Å²) in [7, 11) is 0. The topological polar surface area (TPSA) is 54.9 Å². The van der Waals surface area contributed by atoms with Crippen molar-refractivity contribution in [3.8, 4) is 0 Å². The number of amides is 1. The average molecular weight is 317 g/mol. The zero-order valence-electron chi connectivity index (χ0n) is 13.5. The molecule has 3 rings (SSSR count). The summed E-state index contributed by atoms with van der Waals surface area (Å²) in [4.78, 5) is 20.8. The Bertz CT molecular complexity index is 803. The molecule has 2 heterocycles. The maximum atomic E-state index is 12.5. The summed E-state index contributed by atoms with van der Waals surface area (Å²) >= 11 is 0. The number of aryl methyl sites for hydroxylation is 1. The Hall–Kier alpha value is -3.01. The Kier molecular flexibility index (Phi) is 4.96. The monoisotopic (exact) mass is 317 g/mol. The van der Waals surface area contributed by atoms with Crippen molar-refractivity contribution in [2.24, 2.45) is 0 Å². The number of pyridine rings is 2. The van der Waals surface area contributed by atoms with Gasteiger partial charge in [-0.2, -0.15) is 0 Å². The summed E-state index contributed by atoms with van der Waals surface area (Å²) in [5, 5.41) is 3.13. The molecule has 0 aliphatic carbocycles. The minimum atomic E-state index is -0.203. The van der Waals surface area contributed by atoms with Crippen molar-refractivity contribution < 1.29 is 4.79 Å². The number of rotatable bonds is 5. The van der Waals surface area contributed by atoms with Crippen LogP contribution in [0.4, 0.5) is 0 Å². The molecule has 120 valence electrons. The van der Waals surface area contributed by atoms with Crippen LogP contribution in [0, 0.1) is 6.92 Å². The molecule has 1 N–H and O–H groups in total. The summed E-state index contributed by atoms with van der Waals surface area (Å²) in [5.74, 6) is -0.0567. The van der Waals surface area contributed by atoms with E-state index in [4.69, 9.17) is 0 Å². The van der Waals surface area contributed by atoms with Crippen molar-refractivity contribution in [3.63, 3.8) is 0 Å². The van der Waals surface area contributed by atoms with Gasteiger partial charge in [0.05, 0.1) is 12.5 Å². The van der Waals surface area contributed by atoms with Gasteiger partial charge >= 0.3 is 0 Å². The summed E-state index contributed by atoms with van der Waals surface area (Å²) in [5.41, 5.74) is 3.98. The number of hydrogen-bond donors (Lipinski definition) is 1. The van der Waals surface area contributed by atoms with Crippen molar-refractivity contribution in [1.29, 1.82) is 0 Å². The lowest BCUT2D eigenvalue weighted by Gasteiger charge is -2.21. The van der Waals surface area contributed by atoms with Crippen LogP contribution < -0.4 is 5.32 Å². The first-order valence-electron chi connectivity index (χ1n) is 7.89. The first-order chi connectivity index (χ1) is 11.7. The largest absolute Gasteiger partial charge is 0.345 e. The van der Waals surface area contributed by atoms with Gasteiger partial charge in [0.1, 0.15) is 0 Å². The van der Waals surface area contributed by atoms with Crippen molar-refractivity contribution in [2.75, 3.05) is 0 Å². The van der Waals surface area contributed by atoms with Gasteiger partial charge < -0.3 is 5.32 Å². The molecule has 1 aromatic carbocycles. The number of aromatic nitrogens is 2. The summed E-state index contributed by atoms with van der Waals surface area (Å²) < 4.78 is 0. The standard InChI is InChI=1S/C20H19N3O/c1-15-6-2-3-8-18(15)20(16-9-12-21-13-10-16)23-19(24)14-17-7-4-5-11-22-17/h2-13,20H,14H2,1H3,(H,23,24)/t20-/m0/s1. The molecule has 24 heavy (non-hydrogen) atoms. The van der Waals surface area contributed by atoms with E-state index in [-0.39, 0.29) is 18.4 Å². The summed E-state index contributed by atoms with van der Waals surface area (Å²) in [6.07, 6.45) is 5.44. The zero-order valence-corrected chi connectivity index (χ0v) is 13.5. The minimum absolute atomic E-state index is 0.0567. The second kappa shape index (κ2) is 7.51. The Balaban J connectivity index is 1.86. The first kappa shape index (κ1) is 15.9. The maximum Gasteiger partial charge on any atom is 0.226 e. The molecule has 3 aromatic rings. The fourth-order valence-corrected chi connectivity index (χ4v) is 2.69. The van der Waals surface area contributed by atoms with E-state index in [1.807, 2.05) is 48.5 Å². The van der Waals surface area contributed by atoms with Gasteiger partial charge in [0, 0.05) is 24.3 Å². The van der Waals surface area contributed by atoms with Crippen molar-refractivity contribution >= 4 is 5.91 Å². The van der Waals surface area contributed by atoms with Crippen LogP contribution in [0.1, 0.15) is 28.4 Å².